The molecule has 72 valence electrons. The van der Waals surface area contributed by atoms with Gasteiger partial charge in [-0.25, -0.2) is 0 Å². The normalized spacial score (nSPS) is 11.7. The van der Waals surface area contributed by atoms with Crippen LogP contribution in [-0.2, 0) is 12.5 Å². The molecular weight excluding hydrogens is 182 g/mol. The van der Waals surface area contributed by atoms with E-state index in [2.05, 4.69) is 25.9 Å². The lowest BCUT2D eigenvalue weighted by atomic mass is 9.89. The molecule has 13 heavy (non-hydrogen) atoms. The van der Waals surface area contributed by atoms with Gasteiger partial charge in [-0.2, -0.15) is 5.10 Å². The smallest absolute Gasteiger partial charge is 0.107 e. The van der Waals surface area contributed by atoms with Gasteiger partial charge < -0.3 is 5.73 Å². The summed E-state index contributed by atoms with van der Waals surface area (Å²) in [5, 5.41) is 4.35. The van der Waals surface area contributed by atoms with Crippen molar-refractivity contribution in [2.45, 2.75) is 26.2 Å². The first-order valence-electron chi connectivity index (χ1n) is 4.16. The van der Waals surface area contributed by atoms with Gasteiger partial charge >= 0.3 is 0 Å². The summed E-state index contributed by atoms with van der Waals surface area (Å²) in [6.07, 6.45) is 1.86. The SMILES string of the molecule is Cn1cc(C(N)=S)c(C(C)(C)C)n1. The number of nitrogens with zero attached hydrogens (tertiary/aromatic N) is 2. The standard InChI is InChI=1S/C9H15N3S/c1-9(2,3)7-6(8(10)13)5-12(4)11-7/h5H,1-4H3,(H2,10,13). The Hall–Kier alpha value is -0.900. The highest BCUT2D eigenvalue weighted by molar-refractivity contribution is 7.80. The molecule has 1 aromatic rings. The molecule has 2 N–H and O–H groups in total. The maximum Gasteiger partial charge on any atom is 0.107 e. The zero-order chi connectivity index (χ0) is 10.2. The largest absolute Gasteiger partial charge is 0.389 e. The molecule has 1 rings (SSSR count). The predicted molar refractivity (Wildman–Crippen MR) is 57.8 cm³/mol. The van der Waals surface area contributed by atoms with Crippen LogP contribution in [0.15, 0.2) is 6.20 Å². The quantitative estimate of drug-likeness (QED) is 0.691. The molecule has 0 saturated heterocycles. The van der Waals surface area contributed by atoms with E-state index < -0.39 is 0 Å². The van der Waals surface area contributed by atoms with Gasteiger partial charge in [0.2, 0.25) is 0 Å². The fourth-order valence-electron chi connectivity index (χ4n) is 1.22. The highest BCUT2D eigenvalue weighted by Gasteiger charge is 2.22. The molecule has 0 radical (unpaired) electrons. The molecule has 0 aliphatic rings. The van der Waals surface area contributed by atoms with Crippen molar-refractivity contribution < 1.29 is 0 Å². The van der Waals surface area contributed by atoms with Crippen LogP contribution >= 0.6 is 12.2 Å². The van der Waals surface area contributed by atoms with Crippen LogP contribution in [0.1, 0.15) is 32.0 Å². The molecule has 0 unspecified atom stereocenters. The third kappa shape index (κ3) is 2.06. The molecule has 0 amide bonds. The third-order valence-corrected chi connectivity index (χ3v) is 2.02. The summed E-state index contributed by atoms with van der Waals surface area (Å²) in [7, 11) is 1.87. The summed E-state index contributed by atoms with van der Waals surface area (Å²) in [5.74, 6) is 0. The minimum Gasteiger partial charge on any atom is -0.389 e. The Bertz CT molecular complexity index is 333. The molecule has 1 heterocycles. The van der Waals surface area contributed by atoms with Gasteiger partial charge in [0, 0.05) is 18.7 Å². The Balaban J connectivity index is 3.28. The van der Waals surface area contributed by atoms with E-state index in [0.717, 1.165) is 11.3 Å². The van der Waals surface area contributed by atoms with E-state index in [1.807, 2.05) is 13.2 Å². The van der Waals surface area contributed by atoms with Crippen LogP contribution in [0, 0.1) is 0 Å². The highest BCUT2D eigenvalue weighted by atomic mass is 32.1. The van der Waals surface area contributed by atoms with Crippen molar-refractivity contribution in [3.63, 3.8) is 0 Å². The summed E-state index contributed by atoms with van der Waals surface area (Å²) in [6.45, 7) is 6.28. The lowest BCUT2D eigenvalue weighted by Crippen LogP contribution is -2.19. The summed E-state index contributed by atoms with van der Waals surface area (Å²) in [6, 6.07) is 0. The minimum atomic E-state index is -0.0139. The monoisotopic (exact) mass is 197 g/mol. The number of thiocarbonyl (C=S) groups is 1. The number of aryl methyl sites for hydroxylation is 1. The Morgan fingerprint density at radius 1 is 1.54 bits per heavy atom. The Kier molecular flexibility index (Phi) is 2.43. The summed E-state index contributed by atoms with van der Waals surface area (Å²) in [5.41, 5.74) is 7.43. The van der Waals surface area contributed by atoms with Gasteiger partial charge in [0.05, 0.1) is 11.3 Å². The number of rotatable bonds is 1. The molecule has 0 aliphatic heterocycles. The van der Waals surface area contributed by atoms with Crippen molar-refractivity contribution in [2.75, 3.05) is 0 Å². The molecular formula is C9H15N3S. The molecule has 0 aliphatic carbocycles. The molecule has 0 saturated carbocycles. The molecule has 0 spiro atoms. The van der Waals surface area contributed by atoms with Crippen molar-refractivity contribution >= 4 is 17.2 Å². The first-order valence-corrected chi connectivity index (χ1v) is 4.57. The van der Waals surface area contributed by atoms with Crippen LogP contribution in [-0.4, -0.2) is 14.8 Å². The molecule has 4 heteroatoms. The first kappa shape index (κ1) is 10.2. The Morgan fingerprint density at radius 2 is 2.08 bits per heavy atom. The van der Waals surface area contributed by atoms with Crippen molar-refractivity contribution in [1.29, 1.82) is 0 Å². The third-order valence-electron chi connectivity index (χ3n) is 1.80. The number of aromatic nitrogens is 2. The van der Waals surface area contributed by atoms with E-state index in [1.54, 1.807) is 4.68 Å². The van der Waals surface area contributed by atoms with Crippen LogP contribution in [0.4, 0.5) is 0 Å². The van der Waals surface area contributed by atoms with E-state index >= 15 is 0 Å². The van der Waals surface area contributed by atoms with Gasteiger partial charge in [-0.15, -0.1) is 0 Å². The van der Waals surface area contributed by atoms with Gasteiger partial charge in [0.1, 0.15) is 4.99 Å². The molecule has 1 aromatic heterocycles. The van der Waals surface area contributed by atoms with Gasteiger partial charge in [-0.3, -0.25) is 4.68 Å². The number of hydrogen-bond donors (Lipinski definition) is 1. The van der Waals surface area contributed by atoms with E-state index in [4.69, 9.17) is 18.0 Å². The average Bonchev–Trinajstić information content (AvgIpc) is 2.29. The van der Waals surface area contributed by atoms with Crippen molar-refractivity contribution in [2.24, 2.45) is 12.8 Å². The Morgan fingerprint density at radius 3 is 2.38 bits per heavy atom. The van der Waals surface area contributed by atoms with Crippen molar-refractivity contribution in [3.8, 4) is 0 Å². The lowest BCUT2D eigenvalue weighted by molar-refractivity contribution is 0.552. The van der Waals surface area contributed by atoms with Gasteiger partial charge in [0.25, 0.3) is 0 Å². The zero-order valence-corrected chi connectivity index (χ0v) is 9.27. The predicted octanol–water partition coefficient (Wildman–Crippen LogP) is 1.35. The van der Waals surface area contributed by atoms with E-state index in [0.29, 0.717) is 4.99 Å². The van der Waals surface area contributed by atoms with Crippen molar-refractivity contribution in [3.05, 3.63) is 17.5 Å². The van der Waals surface area contributed by atoms with Crippen LogP contribution in [0.5, 0.6) is 0 Å². The van der Waals surface area contributed by atoms with Crippen molar-refractivity contribution in [1.82, 2.24) is 9.78 Å². The molecule has 0 aromatic carbocycles. The van der Waals surface area contributed by atoms with E-state index in [9.17, 15) is 0 Å². The van der Waals surface area contributed by atoms with Gasteiger partial charge in [-0.05, 0) is 0 Å². The summed E-state index contributed by atoms with van der Waals surface area (Å²) >= 11 is 4.96. The molecule has 0 bridgehead atoms. The number of hydrogen-bond acceptors (Lipinski definition) is 2. The van der Waals surface area contributed by atoms with Gasteiger partial charge in [0.15, 0.2) is 0 Å². The van der Waals surface area contributed by atoms with Crippen LogP contribution in [0.25, 0.3) is 0 Å². The van der Waals surface area contributed by atoms with E-state index in [-0.39, 0.29) is 5.41 Å². The van der Waals surface area contributed by atoms with Gasteiger partial charge in [-0.1, -0.05) is 33.0 Å². The topological polar surface area (TPSA) is 43.8 Å². The summed E-state index contributed by atoms with van der Waals surface area (Å²) in [4.78, 5) is 0.415. The average molecular weight is 197 g/mol. The highest BCUT2D eigenvalue weighted by Crippen LogP contribution is 2.23. The molecule has 0 atom stereocenters. The second kappa shape index (κ2) is 3.10. The summed E-state index contributed by atoms with van der Waals surface area (Å²) < 4.78 is 1.75. The maximum absolute atomic E-state index is 5.60. The minimum absolute atomic E-state index is 0.0139. The molecule has 0 fully saturated rings. The van der Waals surface area contributed by atoms with Crippen LogP contribution in [0.3, 0.4) is 0 Å². The maximum atomic E-state index is 5.60. The fourth-order valence-corrected chi connectivity index (χ4v) is 1.37. The van der Waals surface area contributed by atoms with Crippen LogP contribution in [0.2, 0.25) is 0 Å². The number of nitrogens with two attached hydrogens (primary N) is 1. The second-order valence-corrected chi connectivity index (χ2v) is 4.62. The zero-order valence-electron chi connectivity index (χ0n) is 8.46. The second-order valence-electron chi connectivity index (χ2n) is 4.18. The fraction of sp³-hybridized carbons (Fsp3) is 0.556. The first-order chi connectivity index (χ1) is 5.82. The van der Waals surface area contributed by atoms with Crippen LogP contribution < -0.4 is 5.73 Å². The Labute approximate surface area is 83.9 Å². The van der Waals surface area contributed by atoms with E-state index in [1.165, 1.54) is 0 Å². The molecule has 3 nitrogen and oxygen atoms in total. The lowest BCUT2D eigenvalue weighted by Gasteiger charge is -2.16.